The summed E-state index contributed by atoms with van der Waals surface area (Å²) in [7, 11) is 0. The lowest BCUT2D eigenvalue weighted by Crippen LogP contribution is -2.74. The third-order valence-corrected chi connectivity index (χ3v) is 12.8. The van der Waals surface area contributed by atoms with Crippen LogP contribution in [-0.2, 0) is 22.7 Å². The number of halogens is 1. The first-order valence-corrected chi connectivity index (χ1v) is 19.5. The van der Waals surface area contributed by atoms with E-state index in [0.717, 1.165) is 54.2 Å². The number of nitriles is 1. The molecule has 3 fully saturated rings. The van der Waals surface area contributed by atoms with Crippen LogP contribution < -0.4 is 20.3 Å². The average Bonchev–Trinajstić information content (AvgIpc) is 3.67. The second kappa shape index (κ2) is 14.0. The molecule has 1 unspecified atom stereocenters. The molecule has 3 aromatic rings. The van der Waals surface area contributed by atoms with Crippen LogP contribution in [0.5, 0.6) is 5.75 Å². The summed E-state index contributed by atoms with van der Waals surface area (Å²) in [5.41, 5.74) is 3.63. The summed E-state index contributed by atoms with van der Waals surface area (Å²) >= 11 is 6.24. The van der Waals surface area contributed by atoms with Crippen LogP contribution in [0, 0.1) is 28.1 Å². The standard InChI is InChI=1S/C42H44ClN7O6/c1-41(2)39(42(3,4)40(41)56-28-7-5-24(18-44)31(43)17-28)47-35(52)32-8-6-27(19-45-32)49-13-11-23(12-14-49)20-48-21-25-15-29-30(16-26(25)22-48)38(55)50(37(29)54)33-9-10-34(51)46-36(33)53/h5-8,15-17,19,23,33,39-40H,9-14,20-22H2,1-4H3,(H,47,52)(H,46,51,53). The van der Waals surface area contributed by atoms with Gasteiger partial charge in [-0.05, 0) is 72.7 Å². The molecule has 1 atom stereocenters. The number of amides is 5. The van der Waals surface area contributed by atoms with Gasteiger partial charge in [0.05, 0.1) is 33.6 Å². The predicted molar refractivity (Wildman–Crippen MR) is 206 cm³/mol. The second-order valence-corrected chi connectivity index (χ2v) is 17.3. The van der Waals surface area contributed by atoms with Gasteiger partial charge in [-0.3, -0.25) is 39.1 Å². The summed E-state index contributed by atoms with van der Waals surface area (Å²) in [6, 6.07) is 13.3. The number of hydrogen-bond donors (Lipinski definition) is 2. The van der Waals surface area contributed by atoms with Crippen molar-refractivity contribution in [2.45, 2.75) is 84.7 Å². The molecule has 13 nitrogen and oxygen atoms in total. The number of rotatable bonds is 8. The zero-order chi connectivity index (χ0) is 39.7. The number of piperidine rings is 2. The Labute approximate surface area is 330 Å². The minimum atomic E-state index is -0.970. The van der Waals surface area contributed by atoms with Crippen LogP contribution in [0.25, 0.3) is 0 Å². The molecule has 0 radical (unpaired) electrons. The summed E-state index contributed by atoms with van der Waals surface area (Å²) in [4.78, 5) is 74.3. The van der Waals surface area contributed by atoms with E-state index in [2.05, 4.69) is 59.2 Å². The number of pyridine rings is 1. The highest BCUT2D eigenvalue weighted by molar-refractivity contribution is 6.31. The lowest BCUT2D eigenvalue weighted by atomic mass is 9.49. The number of benzene rings is 2. The predicted octanol–water partition coefficient (Wildman–Crippen LogP) is 4.85. The monoisotopic (exact) mass is 777 g/mol. The van der Waals surface area contributed by atoms with Crippen LogP contribution >= 0.6 is 11.6 Å². The van der Waals surface area contributed by atoms with Crippen molar-refractivity contribution in [3.63, 3.8) is 0 Å². The van der Waals surface area contributed by atoms with Crippen molar-refractivity contribution < 1.29 is 28.7 Å². The van der Waals surface area contributed by atoms with E-state index < -0.39 is 29.7 Å². The lowest BCUT2D eigenvalue weighted by molar-refractivity contribution is -0.164. The van der Waals surface area contributed by atoms with Gasteiger partial charge in [-0.2, -0.15) is 5.26 Å². The molecule has 14 heteroatoms. The molecule has 56 heavy (non-hydrogen) atoms. The fourth-order valence-corrected chi connectivity index (χ4v) is 10.0. The molecule has 8 rings (SSSR count). The Morgan fingerprint density at radius 1 is 0.964 bits per heavy atom. The smallest absolute Gasteiger partial charge is 0.270 e. The van der Waals surface area contributed by atoms with Crippen molar-refractivity contribution in [2.75, 3.05) is 24.5 Å². The maximum atomic E-state index is 13.4. The van der Waals surface area contributed by atoms with Gasteiger partial charge in [0, 0.05) is 62.1 Å². The third kappa shape index (κ3) is 6.48. The zero-order valence-corrected chi connectivity index (χ0v) is 32.6. The molecule has 0 bridgehead atoms. The molecule has 0 spiro atoms. The Kier molecular flexibility index (Phi) is 9.40. The molecule has 5 amide bonds. The maximum absolute atomic E-state index is 13.4. The summed E-state index contributed by atoms with van der Waals surface area (Å²) in [5, 5.41) is 15.0. The maximum Gasteiger partial charge on any atom is 0.270 e. The second-order valence-electron chi connectivity index (χ2n) is 16.9. The number of nitrogens with zero attached hydrogens (tertiary/aromatic N) is 5. The molecule has 5 aliphatic rings. The molecule has 1 aliphatic carbocycles. The Morgan fingerprint density at radius 3 is 2.20 bits per heavy atom. The van der Waals surface area contributed by atoms with Gasteiger partial charge in [0.1, 0.15) is 29.7 Å². The minimum Gasteiger partial charge on any atom is -0.489 e. The Bertz CT molecular complexity index is 2150. The van der Waals surface area contributed by atoms with Gasteiger partial charge < -0.3 is 15.0 Å². The van der Waals surface area contributed by atoms with Crippen molar-refractivity contribution in [1.82, 2.24) is 25.4 Å². The molecule has 2 aromatic carbocycles. The minimum absolute atomic E-state index is 0.0906. The molecular formula is C42H44ClN7O6. The molecule has 290 valence electrons. The third-order valence-electron chi connectivity index (χ3n) is 12.5. The Balaban J connectivity index is 0.822. The zero-order valence-electron chi connectivity index (χ0n) is 31.9. The number of imide groups is 2. The van der Waals surface area contributed by atoms with Crippen LogP contribution in [0.4, 0.5) is 5.69 Å². The van der Waals surface area contributed by atoms with Crippen LogP contribution in [0.2, 0.25) is 5.02 Å². The van der Waals surface area contributed by atoms with Crippen LogP contribution in [0.15, 0.2) is 48.7 Å². The highest BCUT2D eigenvalue weighted by Crippen LogP contribution is 2.55. The number of nitrogens with one attached hydrogen (secondary N) is 2. The average molecular weight is 778 g/mol. The first kappa shape index (κ1) is 37.6. The summed E-state index contributed by atoms with van der Waals surface area (Å²) in [6.45, 7) is 12.3. The molecule has 2 saturated heterocycles. The highest BCUT2D eigenvalue weighted by Gasteiger charge is 2.64. The number of carbonyl (C=O) groups excluding carboxylic acids is 5. The number of fused-ring (bicyclic) bond motifs is 2. The summed E-state index contributed by atoms with van der Waals surface area (Å²) < 4.78 is 6.36. The van der Waals surface area contributed by atoms with Gasteiger partial charge in [-0.1, -0.05) is 39.3 Å². The Hall–Kier alpha value is -5.32. The van der Waals surface area contributed by atoms with Gasteiger partial charge >= 0.3 is 0 Å². The summed E-state index contributed by atoms with van der Waals surface area (Å²) in [5.74, 6) is -1.13. The van der Waals surface area contributed by atoms with Crippen molar-refractivity contribution in [3.8, 4) is 11.8 Å². The fraction of sp³-hybridized carbons (Fsp3) is 0.452. The van der Waals surface area contributed by atoms with Gasteiger partial charge in [0.25, 0.3) is 17.7 Å². The van der Waals surface area contributed by atoms with Crippen molar-refractivity contribution in [2.24, 2.45) is 16.7 Å². The molecule has 1 aromatic heterocycles. The number of aromatic nitrogens is 1. The normalized spacial score (nSPS) is 24.2. The van der Waals surface area contributed by atoms with Crippen LogP contribution in [0.1, 0.15) is 101 Å². The van der Waals surface area contributed by atoms with E-state index in [0.29, 0.717) is 52.2 Å². The largest absolute Gasteiger partial charge is 0.489 e. The van der Waals surface area contributed by atoms with Crippen molar-refractivity contribution >= 4 is 46.8 Å². The van der Waals surface area contributed by atoms with Gasteiger partial charge in [0.15, 0.2) is 0 Å². The first-order chi connectivity index (χ1) is 26.6. The fourth-order valence-electron chi connectivity index (χ4n) is 9.81. The Morgan fingerprint density at radius 2 is 1.62 bits per heavy atom. The van der Waals surface area contributed by atoms with Crippen molar-refractivity contribution in [1.29, 1.82) is 5.26 Å². The van der Waals surface area contributed by atoms with E-state index in [1.807, 2.05) is 18.2 Å². The topological polar surface area (TPSA) is 165 Å². The number of hydrogen-bond acceptors (Lipinski definition) is 10. The highest BCUT2D eigenvalue weighted by atomic mass is 35.5. The number of carbonyl (C=O) groups is 5. The molecule has 2 N–H and O–H groups in total. The number of anilines is 1. The van der Waals surface area contributed by atoms with E-state index in [1.165, 1.54) is 0 Å². The van der Waals surface area contributed by atoms with Gasteiger partial charge in [-0.15, -0.1) is 0 Å². The van der Waals surface area contributed by atoms with E-state index in [4.69, 9.17) is 16.3 Å². The van der Waals surface area contributed by atoms with E-state index in [1.54, 1.807) is 30.5 Å². The quantitative estimate of drug-likeness (QED) is 0.302. The first-order valence-electron chi connectivity index (χ1n) is 19.1. The molecule has 5 heterocycles. The van der Waals surface area contributed by atoms with E-state index in [-0.39, 0.29) is 41.7 Å². The van der Waals surface area contributed by atoms with Crippen molar-refractivity contribution in [3.05, 3.63) is 87.2 Å². The van der Waals surface area contributed by atoms with Gasteiger partial charge in [0.2, 0.25) is 11.8 Å². The van der Waals surface area contributed by atoms with Gasteiger partial charge in [-0.25, -0.2) is 4.98 Å². The summed E-state index contributed by atoms with van der Waals surface area (Å²) in [6.07, 6.45) is 3.78. The number of ether oxygens (including phenoxy) is 1. The SMILES string of the molecule is CC1(C)C(NC(=O)c2ccc(N3CCC(CN4Cc5cc6c(cc5C4)C(=O)N(C4CCC(=O)NC4=O)C6=O)CC3)cn2)C(C)(C)C1Oc1ccc(C#N)c(Cl)c1. The lowest BCUT2D eigenvalue weighted by Gasteiger charge is -2.63. The van der Waals surface area contributed by atoms with Crippen LogP contribution in [-0.4, -0.2) is 82.1 Å². The van der Waals surface area contributed by atoms with E-state index in [9.17, 15) is 29.2 Å². The molecule has 1 saturated carbocycles. The molecular weight excluding hydrogens is 734 g/mol. The van der Waals surface area contributed by atoms with Crippen LogP contribution in [0.3, 0.4) is 0 Å². The molecule has 4 aliphatic heterocycles. The van der Waals surface area contributed by atoms with E-state index >= 15 is 0 Å².